The summed E-state index contributed by atoms with van der Waals surface area (Å²) in [6, 6.07) is 9.36. The molecular formula is C18H17NO3. The zero-order valence-corrected chi connectivity index (χ0v) is 12.4. The lowest BCUT2D eigenvalue weighted by atomic mass is 9.87. The molecule has 3 atom stereocenters. The Hall–Kier alpha value is -2.22. The minimum absolute atomic E-state index is 0.0452. The Morgan fingerprint density at radius 2 is 2.32 bits per heavy atom. The van der Waals surface area contributed by atoms with Crippen LogP contribution in [-0.2, 0) is 14.3 Å². The van der Waals surface area contributed by atoms with Crippen LogP contribution in [0.25, 0.3) is 5.57 Å². The summed E-state index contributed by atoms with van der Waals surface area (Å²) in [5.74, 6) is 0.0452. The maximum absolute atomic E-state index is 11.6. The Morgan fingerprint density at radius 3 is 3.09 bits per heavy atom. The number of carbonyl (C=O) groups is 1. The molecule has 1 aliphatic carbocycles. The van der Waals surface area contributed by atoms with Crippen molar-refractivity contribution in [3.05, 3.63) is 54.1 Å². The molecule has 0 aromatic heterocycles. The number of nitriles is 1. The standard InChI is InChI=1S/C18H17NO3/c1-12(14-5-3-4-13(8-14)10-19)16-11-21-18(2)7-6-15(20)9-17(18)22-16/h3-8,16-17H,1,9,11H2,2H3/t16-,17-,18+/m1/s1. The first kappa shape index (κ1) is 14.7. The second kappa shape index (κ2) is 5.53. The lowest BCUT2D eigenvalue weighted by molar-refractivity contribution is -0.196. The molecule has 3 rings (SSSR count). The normalized spacial score (nSPS) is 30.5. The second-order valence-corrected chi connectivity index (χ2v) is 5.83. The van der Waals surface area contributed by atoms with E-state index in [1.807, 2.05) is 19.1 Å². The maximum Gasteiger partial charge on any atom is 0.158 e. The number of carbonyl (C=O) groups excluding carboxylic acids is 1. The van der Waals surface area contributed by atoms with Crippen molar-refractivity contribution in [1.82, 2.24) is 0 Å². The van der Waals surface area contributed by atoms with Crippen LogP contribution < -0.4 is 0 Å². The lowest BCUT2D eigenvalue weighted by Gasteiger charge is -2.44. The van der Waals surface area contributed by atoms with Gasteiger partial charge in [0, 0.05) is 6.42 Å². The third-order valence-corrected chi connectivity index (χ3v) is 4.25. The first-order valence-corrected chi connectivity index (χ1v) is 7.22. The van der Waals surface area contributed by atoms with E-state index in [9.17, 15) is 4.79 Å². The average molecular weight is 295 g/mol. The highest BCUT2D eigenvalue weighted by molar-refractivity contribution is 5.91. The Bertz CT molecular complexity index is 701. The van der Waals surface area contributed by atoms with Crippen LogP contribution in [0.5, 0.6) is 0 Å². The van der Waals surface area contributed by atoms with Crippen molar-refractivity contribution in [3.8, 4) is 6.07 Å². The third kappa shape index (κ3) is 2.61. The van der Waals surface area contributed by atoms with Gasteiger partial charge in [-0.05, 0) is 42.3 Å². The summed E-state index contributed by atoms with van der Waals surface area (Å²) < 4.78 is 12.0. The Morgan fingerprint density at radius 1 is 1.50 bits per heavy atom. The average Bonchev–Trinajstić information content (AvgIpc) is 2.54. The van der Waals surface area contributed by atoms with Crippen LogP contribution in [-0.4, -0.2) is 30.2 Å². The van der Waals surface area contributed by atoms with Gasteiger partial charge in [0.2, 0.25) is 0 Å². The van der Waals surface area contributed by atoms with E-state index in [0.29, 0.717) is 18.6 Å². The molecule has 0 N–H and O–H groups in total. The number of nitrogens with zero attached hydrogens (tertiary/aromatic N) is 1. The van der Waals surface area contributed by atoms with E-state index in [0.717, 1.165) is 11.1 Å². The molecule has 1 aromatic carbocycles. The van der Waals surface area contributed by atoms with E-state index in [-0.39, 0.29) is 18.0 Å². The number of hydrogen-bond donors (Lipinski definition) is 0. The van der Waals surface area contributed by atoms with Gasteiger partial charge in [0.05, 0.1) is 24.3 Å². The summed E-state index contributed by atoms with van der Waals surface area (Å²) >= 11 is 0. The first-order chi connectivity index (χ1) is 10.5. The van der Waals surface area contributed by atoms with E-state index in [1.165, 1.54) is 0 Å². The number of rotatable bonds is 2. The number of fused-ring (bicyclic) bond motifs is 1. The van der Waals surface area contributed by atoms with E-state index in [4.69, 9.17) is 14.7 Å². The zero-order valence-electron chi connectivity index (χ0n) is 12.4. The van der Waals surface area contributed by atoms with Gasteiger partial charge in [-0.2, -0.15) is 5.26 Å². The van der Waals surface area contributed by atoms with Crippen molar-refractivity contribution >= 4 is 11.4 Å². The molecule has 1 aliphatic heterocycles. The number of allylic oxidation sites excluding steroid dienone is 1. The van der Waals surface area contributed by atoms with Crippen LogP contribution in [0.1, 0.15) is 24.5 Å². The molecule has 4 heteroatoms. The van der Waals surface area contributed by atoms with Gasteiger partial charge in [-0.15, -0.1) is 0 Å². The molecule has 0 amide bonds. The smallest absolute Gasteiger partial charge is 0.158 e. The van der Waals surface area contributed by atoms with Crippen LogP contribution in [0.4, 0.5) is 0 Å². The molecule has 1 heterocycles. The van der Waals surface area contributed by atoms with Crippen molar-refractivity contribution < 1.29 is 14.3 Å². The SMILES string of the molecule is C=C(c1cccc(C#N)c1)[C@H]1CO[C@@]2(C)C=CC(=O)C[C@H]2O1. The molecule has 0 bridgehead atoms. The zero-order chi connectivity index (χ0) is 15.7. The van der Waals surface area contributed by atoms with E-state index < -0.39 is 5.60 Å². The summed E-state index contributed by atoms with van der Waals surface area (Å²) in [5.41, 5.74) is 1.64. The summed E-state index contributed by atoms with van der Waals surface area (Å²) in [5, 5.41) is 8.99. The maximum atomic E-state index is 11.6. The van der Waals surface area contributed by atoms with Gasteiger partial charge < -0.3 is 9.47 Å². The van der Waals surface area contributed by atoms with Crippen molar-refractivity contribution in [2.24, 2.45) is 0 Å². The number of benzene rings is 1. The van der Waals surface area contributed by atoms with Gasteiger partial charge >= 0.3 is 0 Å². The highest BCUT2D eigenvalue weighted by Crippen LogP contribution is 2.35. The lowest BCUT2D eigenvalue weighted by Crippen LogP contribution is -2.53. The topological polar surface area (TPSA) is 59.3 Å². The molecule has 1 aromatic rings. The third-order valence-electron chi connectivity index (χ3n) is 4.25. The molecule has 1 fully saturated rings. The fourth-order valence-corrected chi connectivity index (χ4v) is 2.79. The molecule has 0 radical (unpaired) electrons. The number of ketones is 1. The van der Waals surface area contributed by atoms with Crippen molar-refractivity contribution in [2.45, 2.75) is 31.2 Å². The fourth-order valence-electron chi connectivity index (χ4n) is 2.79. The Kier molecular flexibility index (Phi) is 3.69. The van der Waals surface area contributed by atoms with Gasteiger partial charge in [-0.25, -0.2) is 0 Å². The monoisotopic (exact) mass is 295 g/mol. The van der Waals surface area contributed by atoms with Crippen LogP contribution >= 0.6 is 0 Å². The predicted molar refractivity (Wildman–Crippen MR) is 82.0 cm³/mol. The van der Waals surface area contributed by atoms with Crippen LogP contribution in [0.2, 0.25) is 0 Å². The second-order valence-electron chi connectivity index (χ2n) is 5.83. The Labute approximate surface area is 129 Å². The number of ether oxygens (including phenoxy) is 2. The molecule has 1 saturated heterocycles. The van der Waals surface area contributed by atoms with E-state index >= 15 is 0 Å². The molecule has 0 saturated carbocycles. The van der Waals surface area contributed by atoms with Gasteiger partial charge in [0.1, 0.15) is 11.7 Å². The summed E-state index contributed by atoms with van der Waals surface area (Å²) in [6.07, 6.45) is 3.03. The molecule has 0 unspecified atom stereocenters. The van der Waals surface area contributed by atoms with Crippen molar-refractivity contribution in [3.63, 3.8) is 0 Å². The van der Waals surface area contributed by atoms with E-state index in [1.54, 1.807) is 24.3 Å². The summed E-state index contributed by atoms with van der Waals surface area (Å²) in [7, 11) is 0. The van der Waals surface area contributed by atoms with Gasteiger partial charge in [-0.3, -0.25) is 4.79 Å². The minimum atomic E-state index is -0.556. The highest BCUT2D eigenvalue weighted by atomic mass is 16.6. The van der Waals surface area contributed by atoms with Crippen molar-refractivity contribution in [1.29, 1.82) is 5.26 Å². The minimum Gasteiger partial charge on any atom is -0.365 e. The largest absolute Gasteiger partial charge is 0.365 e. The quantitative estimate of drug-likeness (QED) is 0.841. The van der Waals surface area contributed by atoms with E-state index in [2.05, 4.69) is 12.6 Å². The van der Waals surface area contributed by atoms with Crippen molar-refractivity contribution in [2.75, 3.05) is 6.61 Å². The van der Waals surface area contributed by atoms with Gasteiger partial charge in [0.25, 0.3) is 0 Å². The molecule has 22 heavy (non-hydrogen) atoms. The predicted octanol–water partition coefficient (Wildman–Crippen LogP) is 2.64. The molecule has 0 spiro atoms. The Balaban J connectivity index is 1.80. The molecule has 4 nitrogen and oxygen atoms in total. The molecule has 2 aliphatic rings. The van der Waals surface area contributed by atoms with Crippen LogP contribution in [0.3, 0.4) is 0 Å². The van der Waals surface area contributed by atoms with Crippen LogP contribution in [0.15, 0.2) is 43.0 Å². The summed E-state index contributed by atoms with van der Waals surface area (Å²) in [6.45, 7) is 6.39. The molecular weight excluding hydrogens is 278 g/mol. The molecule has 112 valence electrons. The van der Waals surface area contributed by atoms with Gasteiger partial charge in [-0.1, -0.05) is 18.7 Å². The fraction of sp³-hybridized carbons (Fsp3) is 0.333. The first-order valence-electron chi connectivity index (χ1n) is 7.22. The van der Waals surface area contributed by atoms with Crippen LogP contribution in [0, 0.1) is 11.3 Å². The highest BCUT2D eigenvalue weighted by Gasteiger charge is 2.44. The number of hydrogen-bond acceptors (Lipinski definition) is 4. The summed E-state index contributed by atoms with van der Waals surface area (Å²) in [4.78, 5) is 11.6. The van der Waals surface area contributed by atoms with Gasteiger partial charge in [0.15, 0.2) is 5.78 Å².